The molecular formula is C14H17FN2O4S. The van der Waals surface area contributed by atoms with Crippen LogP contribution < -0.4 is 0 Å². The molecule has 6 nitrogen and oxygen atoms in total. The van der Waals surface area contributed by atoms with Gasteiger partial charge in [-0.2, -0.15) is 0 Å². The first-order valence-corrected chi connectivity index (χ1v) is 8.57. The van der Waals surface area contributed by atoms with Crippen molar-refractivity contribution in [2.45, 2.75) is 12.5 Å². The largest absolute Gasteiger partial charge is 0.386 e. The molecule has 1 atom stereocenters. The van der Waals surface area contributed by atoms with Crippen molar-refractivity contribution in [3.05, 3.63) is 35.6 Å². The van der Waals surface area contributed by atoms with E-state index in [4.69, 9.17) is 4.84 Å². The van der Waals surface area contributed by atoms with Crippen LogP contribution in [0.3, 0.4) is 0 Å². The molecule has 22 heavy (non-hydrogen) atoms. The summed E-state index contributed by atoms with van der Waals surface area (Å²) in [6.45, 7) is -0.321. The molecule has 1 aliphatic rings. The van der Waals surface area contributed by atoms with Crippen LogP contribution in [0.2, 0.25) is 0 Å². The molecular weight excluding hydrogens is 311 g/mol. The zero-order valence-electron chi connectivity index (χ0n) is 12.1. The summed E-state index contributed by atoms with van der Waals surface area (Å²) in [6, 6.07) is 5.71. The maximum atomic E-state index is 13.3. The minimum absolute atomic E-state index is 0.0201. The van der Waals surface area contributed by atoms with Crippen molar-refractivity contribution in [2.75, 3.05) is 25.2 Å². The van der Waals surface area contributed by atoms with Crippen LogP contribution in [0, 0.1) is 5.82 Å². The average Bonchev–Trinajstić information content (AvgIpc) is 2.84. The highest BCUT2D eigenvalue weighted by Crippen LogP contribution is 2.16. The maximum absolute atomic E-state index is 13.3. The molecule has 1 amide bonds. The fraction of sp³-hybridized carbons (Fsp3) is 0.429. The highest BCUT2D eigenvalue weighted by Gasteiger charge is 2.32. The Hall–Kier alpha value is -1.96. The van der Waals surface area contributed by atoms with Crippen molar-refractivity contribution < 1.29 is 22.4 Å². The van der Waals surface area contributed by atoms with E-state index in [1.165, 1.54) is 30.3 Å². The zero-order valence-corrected chi connectivity index (χ0v) is 12.9. The summed E-state index contributed by atoms with van der Waals surface area (Å²) in [5, 5.41) is 3.55. The van der Waals surface area contributed by atoms with E-state index in [0.717, 1.165) is 0 Å². The molecule has 0 N–H and O–H groups in total. The lowest BCUT2D eigenvalue weighted by Gasteiger charge is -2.22. The molecule has 0 saturated carbocycles. The van der Waals surface area contributed by atoms with Gasteiger partial charge in [-0.05, 0) is 12.5 Å². The molecule has 2 rings (SSSR count). The van der Waals surface area contributed by atoms with Gasteiger partial charge in [0.2, 0.25) is 0 Å². The first kappa shape index (κ1) is 16.4. The molecule has 1 aromatic rings. The quantitative estimate of drug-likeness (QED) is 0.592. The number of hydrogen-bond donors (Lipinski definition) is 0. The van der Waals surface area contributed by atoms with E-state index in [1.807, 2.05) is 0 Å². The van der Waals surface area contributed by atoms with Gasteiger partial charge in [0.05, 0.1) is 17.7 Å². The van der Waals surface area contributed by atoms with E-state index in [2.05, 4.69) is 5.16 Å². The van der Waals surface area contributed by atoms with Gasteiger partial charge in [0.1, 0.15) is 5.82 Å². The van der Waals surface area contributed by atoms with Crippen molar-refractivity contribution in [2.24, 2.45) is 5.16 Å². The number of likely N-dealkylation sites (N-methyl/N-ethyl adjacent to an activating group) is 1. The van der Waals surface area contributed by atoms with Gasteiger partial charge in [-0.3, -0.25) is 4.79 Å². The van der Waals surface area contributed by atoms with Crippen LogP contribution in [0.1, 0.15) is 12.0 Å². The summed E-state index contributed by atoms with van der Waals surface area (Å²) in [5.74, 6) is -0.725. The third-order valence-corrected chi connectivity index (χ3v) is 5.26. The molecule has 0 bridgehead atoms. The number of halogens is 1. The maximum Gasteiger partial charge on any atom is 0.263 e. The van der Waals surface area contributed by atoms with Crippen LogP contribution in [0.25, 0.3) is 0 Å². The Morgan fingerprint density at radius 2 is 2.23 bits per heavy atom. The van der Waals surface area contributed by atoms with Crippen LogP contribution >= 0.6 is 0 Å². The van der Waals surface area contributed by atoms with Gasteiger partial charge in [0.25, 0.3) is 5.91 Å². The summed E-state index contributed by atoms with van der Waals surface area (Å²) in [4.78, 5) is 18.1. The number of amides is 1. The SMILES string of the molecule is CN(C(=O)CO/N=C\c1ccccc1F)[C@H]1CCS(=O)(=O)C1. The minimum atomic E-state index is -3.05. The molecule has 120 valence electrons. The van der Waals surface area contributed by atoms with Crippen LogP contribution in [0.15, 0.2) is 29.4 Å². The third kappa shape index (κ3) is 4.27. The number of hydrogen-bond acceptors (Lipinski definition) is 5. The molecule has 1 aromatic carbocycles. The fourth-order valence-electron chi connectivity index (χ4n) is 2.15. The predicted molar refractivity (Wildman–Crippen MR) is 79.8 cm³/mol. The van der Waals surface area contributed by atoms with Crippen LogP contribution in [-0.2, 0) is 19.5 Å². The molecule has 0 radical (unpaired) electrons. The summed E-state index contributed by atoms with van der Waals surface area (Å²) in [6.07, 6.45) is 1.62. The normalized spacial score (nSPS) is 20.2. The molecule has 8 heteroatoms. The van der Waals surface area contributed by atoms with Gasteiger partial charge in [-0.1, -0.05) is 23.4 Å². The zero-order chi connectivity index (χ0) is 16.2. The Kier molecular flexibility index (Phi) is 5.12. The number of rotatable bonds is 5. The smallest absolute Gasteiger partial charge is 0.263 e. The number of benzene rings is 1. The topological polar surface area (TPSA) is 76.0 Å². The molecule has 1 aliphatic heterocycles. The van der Waals surface area contributed by atoms with Gasteiger partial charge in [-0.25, -0.2) is 12.8 Å². The van der Waals surface area contributed by atoms with Crippen molar-refractivity contribution >= 4 is 22.0 Å². The molecule has 1 fully saturated rings. The van der Waals surface area contributed by atoms with Crippen LogP contribution in [0.4, 0.5) is 4.39 Å². The van der Waals surface area contributed by atoms with Crippen LogP contribution in [0.5, 0.6) is 0 Å². The molecule has 0 aliphatic carbocycles. The number of nitrogens with zero attached hydrogens (tertiary/aromatic N) is 2. The standard InChI is InChI=1S/C14H17FN2O4S/c1-17(12-6-7-22(19,20)10-12)14(18)9-21-16-8-11-4-2-3-5-13(11)15/h2-5,8,12H,6-7,9-10H2,1H3/b16-8-/t12-/m0/s1. The molecule has 1 heterocycles. The first-order chi connectivity index (χ1) is 10.4. The number of oxime groups is 1. The predicted octanol–water partition coefficient (Wildman–Crippen LogP) is 0.822. The monoisotopic (exact) mass is 328 g/mol. The van der Waals surface area contributed by atoms with Crippen molar-refractivity contribution in [3.63, 3.8) is 0 Å². The Labute approximate surface area is 128 Å². The highest BCUT2D eigenvalue weighted by atomic mass is 32.2. The second kappa shape index (κ2) is 6.87. The average molecular weight is 328 g/mol. The van der Waals surface area contributed by atoms with E-state index in [0.29, 0.717) is 6.42 Å². The second-order valence-corrected chi connectivity index (χ2v) is 7.32. The van der Waals surface area contributed by atoms with E-state index >= 15 is 0 Å². The van der Waals surface area contributed by atoms with E-state index in [-0.39, 0.29) is 35.6 Å². The lowest BCUT2D eigenvalue weighted by atomic mass is 10.2. The van der Waals surface area contributed by atoms with Gasteiger partial charge >= 0.3 is 0 Å². The van der Waals surface area contributed by atoms with E-state index in [9.17, 15) is 17.6 Å². The number of carbonyl (C=O) groups is 1. The molecule has 1 saturated heterocycles. The minimum Gasteiger partial charge on any atom is -0.386 e. The van der Waals surface area contributed by atoms with Crippen LogP contribution in [-0.4, -0.2) is 56.6 Å². The number of sulfone groups is 1. The molecule has 0 spiro atoms. The Morgan fingerprint density at radius 1 is 1.50 bits per heavy atom. The first-order valence-electron chi connectivity index (χ1n) is 6.75. The Morgan fingerprint density at radius 3 is 2.86 bits per heavy atom. The van der Waals surface area contributed by atoms with E-state index < -0.39 is 15.7 Å². The fourth-order valence-corrected chi connectivity index (χ4v) is 3.93. The van der Waals surface area contributed by atoms with Gasteiger partial charge in [-0.15, -0.1) is 0 Å². The van der Waals surface area contributed by atoms with Gasteiger partial charge in [0.15, 0.2) is 16.4 Å². The Bertz CT molecular complexity index is 675. The summed E-state index contributed by atoms with van der Waals surface area (Å²) in [7, 11) is -1.51. The van der Waals surface area contributed by atoms with Crippen molar-refractivity contribution in [3.8, 4) is 0 Å². The Balaban J connectivity index is 1.82. The van der Waals surface area contributed by atoms with E-state index in [1.54, 1.807) is 12.1 Å². The lowest BCUT2D eigenvalue weighted by Crippen LogP contribution is -2.39. The lowest BCUT2D eigenvalue weighted by molar-refractivity contribution is -0.136. The third-order valence-electron chi connectivity index (χ3n) is 3.51. The van der Waals surface area contributed by atoms with Gasteiger partial charge in [0, 0.05) is 18.7 Å². The summed E-state index contributed by atoms with van der Waals surface area (Å²) >= 11 is 0. The molecule has 0 unspecified atom stereocenters. The second-order valence-electron chi connectivity index (χ2n) is 5.09. The highest BCUT2D eigenvalue weighted by molar-refractivity contribution is 7.91. The van der Waals surface area contributed by atoms with Crippen molar-refractivity contribution in [1.82, 2.24) is 4.90 Å². The summed E-state index contributed by atoms with van der Waals surface area (Å²) < 4.78 is 36.1. The summed E-state index contributed by atoms with van der Waals surface area (Å²) in [5.41, 5.74) is 0.255. The molecule has 0 aromatic heterocycles. The van der Waals surface area contributed by atoms with Gasteiger partial charge < -0.3 is 9.74 Å². The van der Waals surface area contributed by atoms with Crippen molar-refractivity contribution in [1.29, 1.82) is 0 Å². The number of carbonyl (C=O) groups excluding carboxylic acids is 1.